The van der Waals surface area contributed by atoms with Gasteiger partial charge in [-0.05, 0) is 57.0 Å². The lowest BCUT2D eigenvalue weighted by atomic mass is 9.99. The van der Waals surface area contributed by atoms with Crippen LogP contribution in [-0.2, 0) is 9.59 Å². The van der Waals surface area contributed by atoms with E-state index in [-0.39, 0.29) is 23.6 Å². The van der Waals surface area contributed by atoms with E-state index in [1.807, 2.05) is 32.2 Å². The predicted molar refractivity (Wildman–Crippen MR) is 140 cm³/mol. The fourth-order valence-corrected chi connectivity index (χ4v) is 4.65. The number of aromatic amines is 1. The van der Waals surface area contributed by atoms with Gasteiger partial charge in [-0.1, -0.05) is 13.3 Å². The summed E-state index contributed by atoms with van der Waals surface area (Å²) in [6.45, 7) is 3.69. The standard InChI is InChI=1S/C25H37N9O2/c1-15-4-3-5-20(32-25(36)19(26)14-34(27)17-8-10-29-11-9-17)23-30-13-22(31-23)18-7-6-16(28-2)12-21(18)33-24(15)35/h6-7,12-15,17,20,28-29H,3-5,8-11,26-27H2,1-2H3,(H,30,31)(H,32,36)(H,33,35)/b19-14-. The molecule has 0 aliphatic carbocycles. The van der Waals surface area contributed by atoms with Gasteiger partial charge >= 0.3 is 0 Å². The molecule has 2 amide bonds. The molecule has 36 heavy (non-hydrogen) atoms. The maximum atomic E-state index is 13.0. The van der Waals surface area contributed by atoms with Gasteiger partial charge in [-0.2, -0.15) is 0 Å². The van der Waals surface area contributed by atoms with Crippen molar-refractivity contribution in [1.82, 2.24) is 25.6 Å². The van der Waals surface area contributed by atoms with Gasteiger partial charge in [-0.3, -0.25) is 9.59 Å². The molecule has 0 spiro atoms. The zero-order chi connectivity index (χ0) is 25.7. The number of carbonyl (C=O) groups excluding carboxylic acids is 2. The number of fused-ring (bicyclic) bond motifs is 4. The van der Waals surface area contributed by atoms with Crippen LogP contribution in [0.5, 0.6) is 0 Å². The molecule has 2 aliphatic rings. The first-order valence-corrected chi connectivity index (χ1v) is 12.6. The first kappa shape index (κ1) is 25.5. The number of piperidine rings is 1. The van der Waals surface area contributed by atoms with Crippen molar-refractivity contribution in [1.29, 1.82) is 0 Å². The number of rotatable bonds is 5. The Hall–Kier alpha value is -3.57. The van der Waals surface area contributed by atoms with Crippen LogP contribution in [0.15, 0.2) is 36.3 Å². The Labute approximate surface area is 211 Å². The second kappa shape index (κ2) is 11.4. The molecule has 9 N–H and O–H groups in total. The molecule has 11 nitrogen and oxygen atoms in total. The Kier molecular flexibility index (Phi) is 8.11. The van der Waals surface area contributed by atoms with E-state index in [2.05, 4.69) is 31.2 Å². The number of carbonyl (C=O) groups is 2. The van der Waals surface area contributed by atoms with Crippen LogP contribution >= 0.6 is 0 Å². The van der Waals surface area contributed by atoms with E-state index in [1.54, 1.807) is 11.2 Å². The number of benzene rings is 1. The van der Waals surface area contributed by atoms with Gasteiger partial charge in [0.1, 0.15) is 11.5 Å². The minimum absolute atomic E-state index is 0.0430. The Morgan fingerprint density at radius 3 is 2.75 bits per heavy atom. The third kappa shape index (κ3) is 5.97. The van der Waals surface area contributed by atoms with Crippen molar-refractivity contribution < 1.29 is 9.59 Å². The monoisotopic (exact) mass is 495 g/mol. The van der Waals surface area contributed by atoms with Crippen LogP contribution in [0.2, 0.25) is 0 Å². The van der Waals surface area contributed by atoms with Gasteiger partial charge in [0.05, 0.1) is 23.6 Å². The first-order chi connectivity index (χ1) is 17.4. The van der Waals surface area contributed by atoms with Crippen LogP contribution in [0.4, 0.5) is 11.4 Å². The summed E-state index contributed by atoms with van der Waals surface area (Å²) in [6, 6.07) is 5.52. The predicted octanol–water partition coefficient (Wildman–Crippen LogP) is 1.76. The van der Waals surface area contributed by atoms with Gasteiger partial charge in [-0.25, -0.2) is 10.8 Å². The number of imidazole rings is 1. The van der Waals surface area contributed by atoms with E-state index in [1.165, 1.54) is 6.20 Å². The summed E-state index contributed by atoms with van der Waals surface area (Å²) in [6.07, 6.45) is 7.01. The molecule has 2 bridgehead atoms. The molecule has 1 saturated heterocycles. The molecule has 11 heteroatoms. The number of hydrogen-bond donors (Lipinski definition) is 7. The van der Waals surface area contributed by atoms with Crippen molar-refractivity contribution in [3.63, 3.8) is 0 Å². The van der Waals surface area contributed by atoms with Crippen LogP contribution < -0.4 is 32.8 Å². The van der Waals surface area contributed by atoms with Gasteiger partial charge < -0.3 is 37.0 Å². The second-order valence-corrected chi connectivity index (χ2v) is 9.55. The quantitative estimate of drug-likeness (QED) is 0.187. The molecule has 3 heterocycles. The molecule has 1 aromatic carbocycles. The number of anilines is 2. The summed E-state index contributed by atoms with van der Waals surface area (Å²) < 4.78 is 0. The molecule has 1 fully saturated rings. The van der Waals surface area contributed by atoms with Crippen LogP contribution in [0.25, 0.3) is 11.3 Å². The number of aromatic nitrogens is 2. The highest BCUT2D eigenvalue weighted by Crippen LogP contribution is 2.32. The highest BCUT2D eigenvalue weighted by Gasteiger charge is 2.24. The molecule has 2 atom stereocenters. The second-order valence-electron chi connectivity index (χ2n) is 9.55. The number of nitrogens with one attached hydrogen (secondary N) is 5. The lowest BCUT2D eigenvalue weighted by Crippen LogP contribution is -2.45. The Bertz CT molecular complexity index is 1110. The van der Waals surface area contributed by atoms with E-state index in [4.69, 9.17) is 11.6 Å². The average molecular weight is 496 g/mol. The van der Waals surface area contributed by atoms with Gasteiger partial charge in [0.15, 0.2) is 0 Å². The summed E-state index contributed by atoms with van der Waals surface area (Å²) >= 11 is 0. The van der Waals surface area contributed by atoms with Crippen molar-refractivity contribution in [3.05, 3.63) is 42.1 Å². The van der Waals surface area contributed by atoms with Gasteiger partial charge in [0.25, 0.3) is 5.91 Å². The fourth-order valence-electron chi connectivity index (χ4n) is 4.65. The largest absolute Gasteiger partial charge is 0.393 e. The lowest BCUT2D eigenvalue weighted by Gasteiger charge is -2.30. The molecular formula is C25H37N9O2. The van der Waals surface area contributed by atoms with Crippen LogP contribution in [0.3, 0.4) is 0 Å². The van der Waals surface area contributed by atoms with Crippen molar-refractivity contribution in [2.75, 3.05) is 30.8 Å². The summed E-state index contributed by atoms with van der Waals surface area (Å²) in [7, 11) is 1.83. The summed E-state index contributed by atoms with van der Waals surface area (Å²) in [5.74, 6) is 6.18. The number of hydrogen-bond acceptors (Lipinski definition) is 8. The molecule has 2 unspecified atom stereocenters. The number of nitrogens with zero attached hydrogens (tertiary/aromatic N) is 2. The molecular weight excluding hydrogens is 458 g/mol. The highest BCUT2D eigenvalue weighted by atomic mass is 16.2. The smallest absolute Gasteiger partial charge is 0.269 e. The Morgan fingerprint density at radius 2 is 2.00 bits per heavy atom. The van der Waals surface area contributed by atoms with E-state index >= 15 is 0 Å². The summed E-state index contributed by atoms with van der Waals surface area (Å²) in [4.78, 5) is 33.8. The summed E-state index contributed by atoms with van der Waals surface area (Å²) in [5.41, 5.74) is 9.32. The van der Waals surface area contributed by atoms with E-state index in [0.29, 0.717) is 24.4 Å². The minimum Gasteiger partial charge on any atom is -0.393 e. The average Bonchev–Trinajstić information content (AvgIpc) is 3.37. The normalized spacial score (nSPS) is 21.4. The maximum Gasteiger partial charge on any atom is 0.269 e. The molecule has 0 saturated carbocycles. The molecule has 0 radical (unpaired) electrons. The van der Waals surface area contributed by atoms with E-state index < -0.39 is 11.9 Å². The first-order valence-electron chi connectivity index (χ1n) is 12.6. The van der Waals surface area contributed by atoms with Crippen LogP contribution in [0, 0.1) is 5.92 Å². The van der Waals surface area contributed by atoms with Gasteiger partial charge in [-0.15, -0.1) is 0 Å². The topological polar surface area (TPSA) is 166 Å². The van der Waals surface area contributed by atoms with E-state index in [9.17, 15) is 9.59 Å². The van der Waals surface area contributed by atoms with Crippen molar-refractivity contribution >= 4 is 23.2 Å². The number of H-pyrrole nitrogens is 1. The highest BCUT2D eigenvalue weighted by molar-refractivity contribution is 5.97. The fraction of sp³-hybridized carbons (Fsp3) is 0.480. The van der Waals surface area contributed by atoms with Crippen molar-refractivity contribution in [2.24, 2.45) is 17.5 Å². The summed E-state index contributed by atoms with van der Waals surface area (Å²) in [5, 5.41) is 14.0. The maximum absolute atomic E-state index is 13.0. The molecule has 4 rings (SSSR count). The number of nitrogens with two attached hydrogens (primary N) is 2. The third-order valence-electron chi connectivity index (χ3n) is 6.95. The SMILES string of the molecule is CNc1ccc2c(c1)NC(=O)C(C)CCCC(NC(=O)/C(N)=C/N(N)C1CCNCC1)c1ncc-2[nH]1. The minimum atomic E-state index is -0.403. The van der Waals surface area contributed by atoms with Crippen LogP contribution in [-0.4, -0.2) is 53.0 Å². The molecule has 2 aromatic rings. The zero-order valence-electron chi connectivity index (χ0n) is 20.9. The zero-order valence-corrected chi connectivity index (χ0v) is 20.9. The third-order valence-corrected chi connectivity index (χ3v) is 6.95. The van der Waals surface area contributed by atoms with E-state index in [0.717, 1.165) is 49.3 Å². The number of hydrazine groups is 1. The van der Waals surface area contributed by atoms with Crippen molar-refractivity contribution in [2.45, 2.75) is 51.1 Å². The van der Waals surface area contributed by atoms with Crippen LogP contribution in [0.1, 0.15) is 50.9 Å². The Morgan fingerprint density at radius 1 is 1.22 bits per heavy atom. The van der Waals surface area contributed by atoms with Crippen molar-refractivity contribution in [3.8, 4) is 11.3 Å². The molecule has 2 aliphatic heterocycles. The molecule has 1 aromatic heterocycles. The lowest BCUT2D eigenvalue weighted by molar-refractivity contribution is -0.120. The Balaban J connectivity index is 1.57. The van der Waals surface area contributed by atoms with Gasteiger partial charge in [0, 0.05) is 36.5 Å². The number of amides is 2. The molecule has 194 valence electrons. The van der Waals surface area contributed by atoms with Gasteiger partial charge in [0.2, 0.25) is 5.91 Å².